The second-order valence-corrected chi connectivity index (χ2v) is 4.86. The Morgan fingerprint density at radius 1 is 1.68 bits per heavy atom. The number of nitrogens with zero attached hydrogens (tertiary/aromatic N) is 2. The second kappa shape index (κ2) is 7.47. The van der Waals surface area contributed by atoms with Crippen molar-refractivity contribution in [3.05, 3.63) is 17.4 Å². The Bertz CT molecular complexity index is 405. The molecule has 0 bridgehead atoms. The van der Waals surface area contributed by atoms with E-state index < -0.39 is 0 Å². The average molecular weight is 288 g/mol. The molecule has 0 unspecified atom stereocenters. The van der Waals surface area contributed by atoms with Gasteiger partial charge in [0.15, 0.2) is 0 Å². The van der Waals surface area contributed by atoms with E-state index >= 15 is 0 Å². The molecule has 1 amide bonds. The molecule has 1 aromatic rings. The smallest absolute Gasteiger partial charge is 0.246 e. The van der Waals surface area contributed by atoms with E-state index in [2.05, 4.69) is 10.4 Å². The first-order valence-corrected chi connectivity index (χ1v) is 6.76. The summed E-state index contributed by atoms with van der Waals surface area (Å²) in [4.78, 5) is 11.5. The Labute approximate surface area is 117 Å². The Morgan fingerprint density at radius 2 is 2.58 bits per heavy atom. The third kappa shape index (κ3) is 5.18. The van der Waals surface area contributed by atoms with Crippen LogP contribution in [-0.2, 0) is 20.8 Å². The van der Waals surface area contributed by atoms with Gasteiger partial charge in [-0.2, -0.15) is 5.10 Å². The number of hydrogen-bond acceptors (Lipinski definition) is 4. The van der Waals surface area contributed by atoms with Crippen LogP contribution in [-0.4, -0.2) is 48.2 Å². The topological polar surface area (TPSA) is 65.4 Å². The molecule has 1 aliphatic heterocycles. The van der Waals surface area contributed by atoms with E-state index in [0.29, 0.717) is 24.7 Å². The molecular weight excluding hydrogens is 270 g/mol. The summed E-state index contributed by atoms with van der Waals surface area (Å²) in [5.74, 6) is -0.128. The van der Waals surface area contributed by atoms with Crippen molar-refractivity contribution in [2.75, 3.05) is 26.4 Å². The number of ether oxygens (including phenoxy) is 2. The van der Waals surface area contributed by atoms with E-state index in [1.54, 1.807) is 17.1 Å². The fourth-order valence-corrected chi connectivity index (χ4v) is 2.04. The summed E-state index contributed by atoms with van der Waals surface area (Å²) in [6.45, 7) is 2.44. The van der Waals surface area contributed by atoms with Gasteiger partial charge in [-0.15, -0.1) is 0 Å². The van der Waals surface area contributed by atoms with Crippen molar-refractivity contribution in [1.29, 1.82) is 0 Å². The van der Waals surface area contributed by atoms with Crippen LogP contribution in [0.25, 0.3) is 0 Å². The molecule has 0 aliphatic carbocycles. The van der Waals surface area contributed by atoms with Crippen LogP contribution in [0.5, 0.6) is 0 Å². The van der Waals surface area contributed by atoms with Gasteiger partial charge in [-0.05, 0) is 12.8 Å². The minimum absolute atomic E-state index is 0.0692. The van der Waals surface area contributed by atoms with Crippen molar-refractivity contribution in [3.63, 3.8) is 0 Å². The highest BCUT2D eigenvalue weighted by molar-refractivity contribution is 6.30. The Hall–Kier alpha value is -1.11. The third-order valence-corrected chi connectivity index (χ3v) is 3.02. The van der Waals surface area contributed by atoms with Crippen LogP contribution in [0.3, 0.4) is 0 Å². The standard InChI is InChI=1S/C12H18ClN3O3/c13-10-6-15-16(7-10)4-3-14-12(17)9-18-8-11-2-1-5-19-11/h6-7,11H,1-5,8-9H2,(H,14,17)/t11-/m1/s1. The summed E-state index contributed by atoms with van der Waals surface area (Å²) in [5, 5.41) is 7.36. The zero-order valence-corrected chi connectivity index (χ0v) is 11.4. The maximum absolute atomic E-state index is 11.5. The van der Waals surface area contributed by atoms with E-state index in [1.165, 1.54) is 0 Å². The first kappa shape index (κ1) is 14.3. The lowest BCUT2D eigenvalue weighted by Crippen LogP contribution is -2.31. The highest BCUT2D eigenvalue weighted by atomic mass is 35.5. The van der Waals surface area contributed by atoms with Gasteiger partial charge in [0.1, 0.15) is 6.61 Å². The number of carbonyl (C=O) groups excluding carboxylic acids is 1. The zero-order chi connectivity index (χ0) is 13.5. The Morgan fingerprint density at radius 3 is 3.26 bits per heavy atom. The number of halogens is 1. The number of hydrogen-bond donors (Lipinski definition) is 1. The number of carbonyl (C=O) groups is 1. The molecule has 1 saturated heterocycles. The molecule has 1 atom stereocenters. The van der Waals surface area contributed by atoms with Crippen LogP contribution in [0.2, 0.25) is 5.02 Å². The predicted molar refractivity (Wildman–Crippen MR) is 70.0 cm³/mol. The minimum atomic E-state index is -0.128. The summed E-state index contributed by atoms with van der Waals surface area (Å²) < 4.78 is 12.4. The van der Waals surface area contributed by atoms with Gasteiger partial charge < -0.3 is 14.8 Å². The number of aromatic nitrogens is 2. The zero-order valence-electron chi connectivity index (χ0n) is 10.7. The highest BCUT2D eigenvalue weighted by Gasteiger charge is 2.15. The fraction of sp³-hybridized carbons (Fsp3) is 0.667. The molecule has 0 radical (unpaired) electrons. The molecule has 1 fully saturated rings. The molecule has 106 valence electrons. The maximum atomic E-state index is 11.5. The first-order chi connectivity index (χ1) is 9.24. The Kier molecular flexibility index (Phi) is 5.62. The van der Waals surface area contributed by atoms with Crippen LogP contribution in [0.4, 0.5) is 0 Å². The molecule has 2 rings (SSSR count). The lowest BCUT2D eigenvalue weighted by Gasteiger charge is -2.10. The highest BCUT2D eigenvalue weighted by Crippen LogP contribution is 2.11. The van der Waals surface area contributed by atoms with Crippen LogP contribution in [0.1, 0.15) is 12.8 Å². The summed E-state index contributed by atoms with van der Waals surface area (Å²) >= 11 is 5.73. The van der Waals surface area contributed by atoms with E-state index in [4.69, 9.17) is 21.1 Å². The third-order valence-electron chi connectivity index (χ3n) is 2.83. The van der Waals surface area contributed by atoms with Crippen LogP contribution < -0.4 is 5.32 Å². The number of amides is 1. The van der Waals surface area contributed by atoms with Gasteiger partial charge >= 0.3 is 0 Å². The Balaban J connectivity index is 1.52. The molecule has 1 aromatic heterocycles. The lowest BCUT2D eigenvalue weighted by atomic mass is 10.2. The van der Waals surface area contributed by atoms with E-state index in [-0.39, 0.29) is 18.6 Å². The molecule has 1 aliphatic rings. The normalized spacial score (nSPS) is 18.7. The molecule has 0 aromatic carbocycles. The average Bonchev–Trinajstić information content (AvgIpc) is 3.01. The van der Waals surface area contributed by atoms with Gasteiger partial charge in [0.25, 0.3) is 0 Å². The number of rotatable bonds is 7. The van der Waals surface area contributed by atoms with Crippen molar-refractivity contribution < 1.29 is 14.3 Å². The van der Waals surface area contributed by atoms with E-state index in [1.807, 2.05) is 0 Å². The molecule has 6 nitrogen and oxygen atoms in total. The molecular formula is C12H18ClN3O3. The van der Waals surface area contributed by atoms with Gasteiger partial charge in [-0.25, -0.2) is 0 Å². The van der Waals surface area contributed by atoms with Gasteiger partial charge in [-0.3, -0.25) is 9.48 Å². The molecule has 0 saturated carbocycles. The predicted octanol–water partition coefficient (Wildman–Crippen LogP) is 0.848. The second-order valence-electron chi connectivity index (χ2n) is 4.42. The van der Waals surface area contributed by atoms with E-state index in [0.717, 1.165) is 19.4 Å². The molecule has 0 spiro atoms. The van der Waals surface area contributed by atoms with Crippen molar-refractivity contribution >= 4 is 17.5 Å². The molecule has 19 heavy (non-hydrogen) atoms. The SMILES string of the molecule is O=C(COC[C@H]1CCCO1)NCCn1cc(Cl)cn1. The van der Waals surface area contributed by atoms with Crippen LogP contribution >= 0.6 is 11.6 Å². The van der Waals surface area contributed by atoms with Gasteiger partial charge in [0, 0.05) is 19.3 Å². The summed E-state index contributed by atoms with van der Waals surface area (Å²) in [6.07, 6.45) is 5.52. The lowest BCUT2D eigenvalue weighted by molar-refractivity contribution is -0.126. The number of nitrogens with one attached hydrogen (secondary N) is 1. The maximum Gasteiger partial charge on any atom is 0.246 e. The van der Waals surface area contributed by atoms with Crippen molar-refractivity contribution in [3.8, 4) is 0 Å². The van der Waals surface area contributed by atoms with Crippen molar-refractivity contribution in [2.24, 2.45) is 0 Å². The van der Waals surface area contributed by atoms with Crippen LogP contribution in [0, 0.1) is 0 Å². The first-order valence-electron chi connectivity index (χ1n) is 6.38. The molecule has 2 heterocycles. The quantitative estimate of drug-likeness (QED) is 0.807. The van der Waals surface area contributed by atoms with Gasteiger partial charge in [0.2, 0.25) is 5.91 Å². The van der Waals surface area contributed by atoms with Crippen LogP contribution in [0.15, 0.2) is 12.4 Å². The molecule has 1 N–H and O–H groups in total. The minimum Gasteiger partial charge on any atom is -0.376 e. The van der Waals surface area contributed by atoms with Gasteiger partial charge in [0.05, 0.1) is 30.5 Å². The molecule has 7 heteroatoms. The van der Waals surface area contributed by atoms with E-state index in [9.17, 15) is 4.79 Å². The fourth-order valence-electron chi connectivity index (χ4n) is 1.88. The largest absolute Gasteiger partial charge is 0.376 e. The van der Waals surface area contributed by atoms with Crippen molar-refractivity contribution in [2.45, 2.75) is 25.5 Å². The summed E-state index contributed by atoms with van der Waals surface area (Å²) in [6, 6.07) is 0. The summed E-state index contributed by atoms with van der Waals surface area (Å²) in [5.41, 5.74) is 0. The monoisotopic (exact) mass is 287 g/mol. The van der Waals surface area contributed by atoms with Gasteiger partial charge in [-0.1, -0.05) is 11.6 Å². The van der Waals surface area contributed by atoms with Crippen molar-refractivity contribution in [1.82, 2.24) is 15.1 Å². The summed E-state index contributed by atoms with van der Waals surface area (Å²) in [7, 11) is 0.